The first-order valence-corrected chi connectivity index (χ1v) is 20.3. The fraction of sp³-hybridized carbons (Fsp3) is 0.156. The molecule has 2 atom stereocenters. The van der Waals surface area contributed by atoms with Crippen LogP contribution in [0.4, 0.5) is 0 Å². The van der Waals surface area contributed by atoms with E-state index in [2.05, 4.69) is 171 Å². The Labute approximate surface area is 317 Å². The first-order chi connectivity index (χ1) is 25.0. The first-order valence-electron chi connectivity index (χ1n) is 17.2. The Hall–Kier alpha value is -3.99. The van der Waals surface area contributed by atoms with E-state index in [1.807, 2.05) is 0 Å². The highest BCUT2D eigenvalue weighted by atomic mass is 79.9. The molecule has 6 heteroatoms. The number of benzene rings is 7. The lowest BCUT2D eigenvalue weighted by Gasteiger charge is -2.44. The molecular formula is C45H37Br2O3P. The molecule has 8 rings (SSSR count). The molecule has 7 aromatic carbocycles. The summed E-state index contributed by atoms with van der Waals surface area (Å²) in [4.78, 5) is 0. The minimum absolute atomic E-state index is 0.0401. The van der Waals surface area contributed by atoms with Gasteiger partial charge in [0, 0.05) is 31.4 Å². The number of hydrogen-bond acceptors (Lipinski definition) is 3. The Bertz CT molecular complexity index is 2230. The molecular weight excluding hydrogens is 779 g/mol. The zero-order valence-electron chi connectivity index (χ0n) is 28.4. The van der Waals surface area contributed by atoms with Crippen LogP contribution in [-0.2, 0) is 0 Å². The Morgan fingerprint density at radius 1 is 0.529 bits per heavy atom. The molecule has 0 saturated carbocycles. The maximum absolute atomic E-state index is 11.8. The van der Waals surface area contributed by atoms with E-state index in [4.69, 9.17) is 9.47 Å². The van der Waals surface area contributed by atoms with Gasteiger partial charge in [0.15, 0.2) is 0 Å². The van der Waals surface area contributed by atoms with Gasteiger partial charge < -0.3 is 14.6 Å². The summed E-state index contributed by atoms with van der Waals surface area (Å²) in [5, 5.41) is 17.7. The molecule has 0 bridgehead atoms. The van der Waals surface area contributed by atoms with Gasteiger partial charge in [-0.25, -0.2) is 0 Å². The van der Waals surface area contributed by atoms with Gasteiger partial charge in [0.1, 0.15) is 11.5 Å². The molecule has 1 fully saturated rings. The summed E-state index contributed by atoms with van der Waals surface area (Å²) in [7, 11) is 2.46. The third kappa shape index (κ3) is 6.19. The zero-order valence-corrected chi connectivity index (χ0v) is 32.5. The number of aliphatic hydroxyl groups is 1. The van der Waals surface area contributed by atoms with Crippen molar-refractivity contribution < 1.29 is 14.6 Å². The summed E-state index contributed by atoms with van der Waals surface area (Å²) in [6.45, 7) is 0. The molecule has 254 valence electrons. The van der Waals surface area contributed by atoms with Crippen molar-refractivity contribution in [1.29, 1.82) is 0 Å². The summed E-state index contributed by atoms with van der Waals surface area (Å²) in [5.41, 5.74) is 6.97. The van der Waals surface area contributed by atoms with E-state index in [0.29, 0.717) is 12.8 Å². The molecule has 1 N–H and O–H groups in total. The summed E-state index contributed by atoms with van der Waals surface area (Å²) >= 11 is 7.92. The fourth-order valence-electron chi connectivity index (χ4n) is 8.04. The van der Waals surface area contributed by atoms with Crippen molar-refractivity contribution in [3.63, 3.8) is 0 Å². The molecule has 0 spiro atoms. The van der Waals surface area contributed by atoms with Gasteiger partial charge in [0.05, 0.1) is 20.3 Å². The van der Waals surface area contributed by atoms with E-state index in [9.17, 15) is 5.11 Å². The van der Waals surface area contributed by atoms with Crippen LogP contribution in [0.1, 0.15) is 35.3 Å². The van der Waals surface area contributed by atoms with Gasteiger partial charge in [-0.05, 0) is 86.2 Å². The molecule has 1 heterocycles. The first kappa shape index (κ1) is 34.1. The smallest absolute Gasteiger partial charge is 0.127 e. The van der Waals surface area contributed by atoms with Crippen molar-refractivity contribution in [2.24, 2.45) is 0 Å². The topological polar surface area (TPSA) is 38.7 Å². The minimum Gasteiger partial charge on any atom is -0.496 e. The second kappa shape index (κ2) is 14.6. The Kier molecular flexibility index (Phi) is 9.74. The monoisotopic (exact) mass is 814 g/mol. The van der Waals surface area contributed by atoms with Crippen LogP contribution in [0.3, 0.4) is 0 Å². The third-order valence-electron chi connectivity index (χ3n) is 10.2. The van der Waals surface area contributed by atoms with E-state index in [-0.39, 0.29) is 11.3 Å². The van der Waals surface area contributed by atoms with Crippen molar-refractivity contribution in [3.05, 3.63) is 160 Å². The summed E-state index contributed by atoms with van der Waals surface area (Å²) in [5.74, 6) is 1.66. The second-order valence-corrected chi connectivity index (χ2v) is 17.3. The minimum atomic E-state index is -1.07. The zero-order chi connectivity index (χ0) is 35.1. The van der Waals surface area contributed by atoms with Crippen LogP contribution < -0.4 is 14.8 Å². The standard InChI is InChI=1S/C45H37Br2O3P/c1-49-39-24-22-28-12-3-5-14-31(28)43(39)35-18-11-19-36(44-32-15-6-4-13-29(32)23-25-40(44)50-2)45(35)51-41(33-16-7-9-20-37(33)46)26-30(48)27-42(51)34-17-8-10-21-38(34)47/h3-25,30,41-42,48H,26-27H2,1-2H3. The van der Waals surface area contributed by atoms with E-state index in [0.717, 1.165) is 64.2 Å². The quantitative estimate of drug-likeness (QED) is 0.163. The highest BCUT2D eigenvalue weighted by Crippen LogP contribution is 2.70. The van der Waals surface area contributed by atoms with Crippen LogP contribution in [0, 0.1) is 0 Å². The van der Waals surface area contributed by atoms with E-state index >= 15 is 0 Å². The predicted octanol–water partition coefficient (Wildman–Crippen LogP) is 12.6. The van der Waals surface area contributed by atoms with E-state index in [1.54, 1.807) is 14.2 Å². The molecule has 2 unspecified atom stereocenters. The molecule has 0 aromatic heterocycles. The number of methoxy groups -OCH3 is 2. The van der Waals surface area contributed by atoms with E-state index < -0.39 is 14.0 Å². The third-order valence-corrected chi connectivity index (χ3v) is 15.0. The highest BCUT2D eigenvalue weighted by molar-refractivity contribution is 9.10. The SMILES string of the molecule is COc1ccc2ccccc2c1-c1cccc(-c2c(OC)ccc3ccccc23)c1P1C(c2ccccc2Br)CC(O)CC1c1ccccc1Br. The molecule has 3 nitrogen and oxygen atoms in total. The van der Waals surface area contributed by atoms with Gasteiger partial charge in [-0.2, -0.15) is 0 Å². The van der Waals surface area contributed by atoms with Crippen LogP contribution in [0.5, 0.6) is 11.5 Å². The number of rotatable bonds is 7. The molecule has 51 heavy (non-hydrogen) atoms. The molecule has 0 aliphatic carbocycles. The van der Waals surface area contributed by atoms with Crippen molar-refractivity contribution in [1.82, 2.24) is 0 Å². The van der Waals surface area contributed by atoms with Gasteiger partial charge in [-0.1, -0.05) is 155 Å². The van der Waals surface area contributed by atoms with Gasteiger partial charge in [0.2, 0.25) is 0 Å². The molecule has 1 aliphatic rings. The maximum atomic E-state index is 11.8. The maximum Gasteiger partial charge on any atom is 0.127 e. The van der Waals surface area contributed by atoms with Crippen LogP contribution in [0.2, 0.25) is 0 Å². The average molecular weight is 817 g/mol. The van der Waals surface area contributed by atoms with Crippen LogP contribution >= 0.6 is 39.8 Å². The van der Waals surface area contributed by atoms with Crippen LogP contribution in [-0.4, -0.2) is 25.4 Å². The molecule has 1 aliphatic heterocycles. The number of ether oxygens (including phenoxy) is 2. The normalized spacial score (nSPS) is 18.9. The second-order valence-electron chi connectivity index (χ2n) is 13.0. The van der Waals surface area contributed by atoms with Crippen molar-refractivity contribution in [2.75, 3.05) is 14.2 Å². The predicted molar refractivity (Wildman–Crippen MR) is 221 cm³/mol. The molecule has 1 saturated heterocycles. The Balaban J connectivity index is 1.56. The van der Waals surface area contributed by atoms with Crippen molar-refractivity contribution in [3.8, 4) is 33.8 Å². The Morgan fingerprint density at radius 3 is 1.41 bits per heavy atom. The number of halogens is 2. The van der Waals surface area contributed by atoms with Crippen molar-refractivity contribution >= 4 is 66.6 Å². The average Bonchev–Trinajstić information content (AvgIpc) is 3.17. The van der Waals surface area contributed by atoms with Gasteiger partial charge >= 0.3 is 0 Å². The van der Waals surface area contributed by atoms with E-state index in [1.165, 1.54) is 16.4 Å². The lowest BCUT2D eigenvalue weighted by molar-refractivity contribution is 0.146. The lowest BCUT2D eigenvalue weighted by atomic mass is 9.92. The number of aliphatic hydroxyl groups excluding tert-OH is 1. The Morgan fingerprint density at radius 2 is 0.961 bits per heavy atom. The summed E-state index contributed by atoms with van der Waals surface area (Å²) in [6.07, 6.45) is 0.845. The molecule has 0 radical (unpaired) electrons. The lowest BCUT2D eigenvalue weighted by Crippen LogP contribution is -2.28. The van der Waals surface area contributed by atoms with Gasteiger partial charge in [-0.3, -0.25) is 0 Å². The summed E-state index contributed by atoms with van der Waals surface area (Å²) in [6, 6.07) is 49.5. The van der Waals surface area contributed by atoms with Crippen LogP contribution in [0.15, 0.2) is 148 Å². The van der Waals surface area contributed by atoms with Crippen molar-refractivity contribution in [2.45, 2.75) is 30.3 Å². The number of fused-ring (bicyclic) bond motifs is 2. The van der Waals surface area contributed by atoms with Crippen LogP contribution in [0.25, 0.3) is 43.8 Å². The highest BCUT2D eigenvalue weighted by Gasteiger charge is 2.43. The molecule has 0 amide bonds. The van der Waals surface area contributed by atoms with Gasteiger partial charge in [-0.15, -0.1) is 0 Å². The summed E-state index contributed by atoms with van der Waals surface area (Å²) < 4.78 is 14.6. The number of hydrogen-bond donors (Lipinski definition) is 1. The van der Waals surface area contributed by atoms with Gasteiger partial charge in [0.25, 0.3) is 0 Å². The molecule has 7 aromatic rings. The largest absolute Gasteiger partial charge is 0.496 e. The fourth-order valence-corrected chi connectivity index (χ4v) is 13.5.